The quantitative estimate of drug-likeness (QED) is 0.171. The molecule has 0 bridgehead atoms. The smallest absolute Gasteiger partial charge is 0.160 e. The maximum atomic E-state index is 5.09. The van der Waals surface area contributed by atoms with E-state index < -0.39 is 0 Å². The van der Waals surface area contributed by atoms with Crippen LogP contribution < -0.4 is 4.90 Å². The zero-order valence-corrected chi connectivity index (χ0v) is 28.2. The second-order valence-electron chi connectivity index (χ2n) is 12.8. The highest BCUT2D eigenvalue weighted by Gasteiger charge is 2.18. The van der Waals surface area contributed by atoms with E-state index in [1.54, 1.807) is 0 Å². The van der Waals surface area contributed by atoms with Gasteiger partial charge in [-0.25, -0.2) is 9.97 Å². The Hall–Kier alpha value is -6.78. The van der Waals surface area contributed by atoms with E-state index >= 15 is 0 Å². The van der Waals surface area contributed by atoms with Crippen molar-refractivity contribution < 1.29 is 0 Å². The van der Waals surface area contributed by atoms with Gasteiger partial charge in [0.15, 0.2) is 5.82 Å². The molecule has 0 radical (unpaired) electrons. The van der Waals surface area contributed by atoms with Gasteiger partial charge in [0, 0.05) is 50.2 Å². The van der Waals surface area contributed by atoms with Gasteiger partial charge in [0.25, 0.3) is 0 Å². The highest BCUT2D eigenvalue weighted by atomic mass is 15.1. The summed E-state index contributed by atoms with van der Waals surface area (Å²) < 4.78 is 2.40. The van der Waals surface area contributed by atoms with Crippen molar-refractivity contribution in [3.05, 3.63) is 194 Å². The average molecular weight is 655 g/mol. The Labute approximate surface area is 297 Å². The number of para-hydroxylation sites is 3. The van der Waals surface area contributed by atoms with Gasteiger partial charge in [-0.3, -0.25) is 0 Å². The Morgan fingerprint density at radius 1 is 0.412 bits per heavy atom. The van der Waals surface area contributed by atoms with Gasteiger partial charge in [-0.2, -0.15) is 0 Å². The molecule has 0 saturated carbocycles. The molecule has 9 aromatic rings. The molecule has 7 aromatic carbocycles. The molecule has 0 atom stereocenters. The lowest BCUT2D eigenvalue weighted by Gasteiger charge is -2.25. The lowest BCUT2D eigenvalue weighted by Crippen LogP contribution is -2.09. The number of hydrogen-bond acceptors (Lipinski definition) is 3. The van der Waals surface area contributed by atoms with Crippen LogP contribution in [-0.4, -0.2) is 14.5 Å². The monoisotopic (exact) mass is 654 g/mol. The molecule has 4 nitrogen and oxygen atoms in total. The van der Waals surface area contributed by atoms with Gasteiger partial charge in [-0.15, -0.1) is 0 Å². The van der Waals surface area contributed by atoms with Gasteiger partial charge in [0.05, 0.1) is 22.4 Å². The molecule has 0 fully saturated rings. The summed E-state index contributed by atoms with van der Waals surface area (Å²) in [5.74, 6) is 0.715. The molecule has 0 aliphatic carbocycles. The minimum atomic E-state index is 0.715. The zero-order chi connectivity index (χ0) is 34.1. The molecule has 0 N–H and O–H groups in total. The van der Waals surface area contributed by atoms with Crippen molar-refractivity contribution in [1.82, 2.24) is 14.5 Å². The minimum absolute atomic E-state index is 0.715. The van der Waals surface area contributed by atoms with Crippen molar-refractivity contribution in [3.63, 3.8) is 0 Å². The van der Waals surface area contributed by atoms with Crippen LogP contribution in [0.3, 0.4) is 0 Å². The van der Waals surface area contributed by atoms with E-state index in [1.165, 1.54) is 16.3 Å². The Morgan fingerprint density at radius 3 is 1.61 bits per heavy atom. The maximum Gasteiger partial charge on any atom is 0.160 e. The summed E-state index contributed by atoms with van der Waals surface area (Å²) in [5, 5.41) is 2.42. The standard InChI is InChI=1S/C47H34N4/c1-33-30-36(43-32-42(34-16-6-2-7-17-34)48-47(49-43)35-18-8-3-9-19-35)26-28-44(33)51-45-25-15-14-24-40(45)41-31-39(27-29-46(41)51)50(37-20-10-4-11-21-37)38-22-12-5-13-23-38/h2-32H,1H3. The summed E-state index contributed by atoms with van der Waals surface area (Å²) in [6.07, 6.45) is 0. The summed E-state index contributed by atoms with van der Waals surface area (Å²) >= 11 is 0. The van der Waals surface area contributed by atoms with Crippen LogP contribution in [0.2, 0.25) is 0 Å². The number of fused-ring (bicyclic) bond motifs is 3. The topological polar surface area (TPSA) is 34.0 Å². The Kier molecular flexibility index (Phi) is 7.67. The Balaban J connectivity index is 1.18. The lowest BCUT2D eigenvalue weighted by atomic mass is 10.0. The third kappa shape index (κ3) is 5.63. The number of anilines is 3. The minimum Gasteiger partial charge on any atom is -0.310 e. The number of hydrogen-bond donors (Lipinski definition) is 0. The van der Waals surface area contributed by atoms with Crippen molar-refractivity contribution in [2.75, 3.05) is 4.90 Å². The molecular weight excluding hydrogens is 621 g/mol. The van der Waals surface area contributed by atoms with Crippen LogP contribution in [0.25, 0.3) is 61.4 Å². The van der Waals surface area contributed by atoms with Gasteiger partial charge in [0.1, 0.15) is 0 Å². The summed E-state index contributed by atoms with van der Waals surface area (Å²) in [4.78, 5) is 12.4. The highest BCUT2D eigenvalue weighted by Crippen LogP contribution is 2.40. The second kappa shape index (κ2) is 12.9. The van der Waals surface area contributed by atoms with Crippen LogP contribution in [0.5, 0.6) is 0 Å². The summed E-state index contributed by atoms with van der Waals surface area (Å²) in [6.45, 7) is 2.19. The van der Waals surface area contributed by atoms with Crippen LogP contribution in [0, 0.1) is 6.92 Å². The predicted molar refractivity (Wildman–Crippen MR) is 212 cm³/mol. The summed E-state index contributed by atoms with van der Waals surface area (Å²) in [5.41, 5.74) is 12.9. The van der Waals surface area contributed by atoms with Crippen LogP contribution in [0.15, 0.2) is 188 Å². The van der Waals surface area contributed by atoms with Crippen molar-refractivity contribution in [2.24, 2.45) is 0 Å². The van der Waals surface area contributed by atoms with Crippen LogP contribution >= 0.6 is 0 Å². The van der Waals surface area contributed by atoms with Gasteiger partial charge in [0.2, 0.25) is 0 Å². The van der Waals surface area contributed by atoms with E-state index in [1.807, 2.05) is 36.4 Å². The largest absolute Gasteiger partial charge is 0.310 e. The van der Waals surface area contributed by atoms with E-state index in [9.17, 15) is 0 Å². The van der Waals surface area contributed by atoms with E-state index in [-0.39, 0.29) is 0 Å². The molecule has 0 amide bonds. The number of benzene rings is 7. The predicted octanol–water partition coefficient (Wildman–Crippen LogP) is 12.4. The molecule has 0 spiro atoms. The molecule has 4 heteroatoms. The molecule has 242 valence electrons. The normalized spacial score (nSPS) is 11.2. The number of nitrogens with zero attached hydrogens (tertiary/aromatic N) is 4. The molecule has 2 aromatic heterocycles. The van der Waals surface area contributed by atoms with Crippen molar-refractivity contribution in [3.8, 4) is 39.6 Å². The molecule has 2 heterocycles. The van der Waals surface area contributed by atoms with Crippen molar-refractivity contribution in [1.29, 1.82) is 0 Å². The summed E-state index contributed by atoms with van der Waals surface area (Å²) in [7, 11) is 0. The van der Waals surface area contributed by atoms with E-state index in [4.69, 9.17) is 9.97 Å². The third-order valence-corrected chi connectivity index (χ3v) is 9.50. The fourth-order valence-corrected chi connectivity index (χ4v) is 7.09. The van der Waals surface area contributed by atoms with Crippen LogP contribution in [0.1, 0.15) is 5.56 Å². The van der Waals surface area contributed by atoms with Crippen LogP contribution in [0.4, 0.5) is 17.1 Å². The molecule has 0 unspecified atom stereocenters. The summed E-state index contributed by atoms with van der Waals surface area (Å²) in [6, 6.07) is 66.0. The molecule has 51 heavy (non-hydrogen) atoms. The third-order valence-electron chi connectivity index (χ3n) is 9.50. The van der Waals surface area contributed by atoms with Crippen molar-refractivity contribution in [2.45, 2.75) is 6.92 Å². The Morgan fingerprint density at radius 2 is 0.961 bits per heavy atom. The first-order chi connectivity index (χ1) is 25.2. The molecule has 0 aliphatic heterocycles. The van der Waals surface area contributed by atoms with Gasteiger partial charge >= 0.3 is 0 Å². The first kappa shape index (κ1) is 30.3. The SMILES string of the molecule is Cc1cc(-c2cc(-c3ccccc3)nc(-c3ccccc3)n2)ccc1-n1c2ccccc2c2cc(N(c3ccccc3)c3ccccc3)ccc21. The first-order valence-corrected chi connectivity index (χ1v) is 17.3. The maximum absolute atomic E-state index is 5.09. The van der Waals surface area contributed by atoms with Gasteiger partial charge < -0.3 is 9.47 Å². The van der Waals surface area contributed by atoms with Crippen LogP contribution in [-0.2, 0) is 0 Å². The number of rotatable bonds is 7. The van der Waals surface area contributed by atoms with E-state index in [0.29, 0.717) is 5.82 Å². The molecular formula is C47H34N4. The van der Waals surface area contributed by atoms with E-state index in [0.717, 1.165) is 61.9 Å². The highest BCUT2D eigenvalue weighted by molar-refractivity contribution is 6.10. The molecule has 9 rings (SSSR count). The van der Waals surface area contributed by atoms with Crippen molar-refractivity contribution >= 4 is 38.9 Å². The molecule has 0 aliphatic rings. The number of aromatic nitrogens is 3. The lowest BCUT2D eigenvalue weighted by molar-refractivity contribution is 1.14. The Bertz CT molecular complexity index is 2530. The number of aryl methyl sites for hydroxylation is 1. The second-order valence-corrected chi connectivity index (χ2v) is 12.8. The average Bonchev–Trinajstić information content (AvgIpc) is 3.53. The van der Waals surface area contributed by atoms with Gasteiger partial charge in [-0.05, 0) is 79.2 Å². The van der Waals surface area contributed by atoms with Gasteiger partial charge in [-0.1, -0.05) is 121 Å². The zero-order valence-electron chi connectivity index (χ0n) is 28.2. The fraction of sp³-hybridized carbons (Fsp3) is 0.0213. The molecule has 0 saturated heterocycles. The fourth-order valence-electron chi connectivity index (χ4n) is 7.09. The van der Waals surface area contributed by atoms with E-state index in [2.05, 4.69) is 168 Å². The first-order valence-electron chi connectivity index (χ1n) is 17.3.